The molecule has 1 N–H and O–H groups in total. The average molecular weight is 274 g/mol. The van der Waals surface area contributed by atoms with E-state index < -0.39 is 0 Å². The van der Waals surface area contributed by atoms with Crippen molar-refractivity contribution < 1.29 is 9.90 Å². The summed E-state index contributed by atoms with van der Waals surface area (Å²) in [5.41, 5.74) is 3.39. The molecular weight excluding hydrogens is 260 g/mol. The van der Waals surface area contributed by atoms with Crippen LogP contribution in [0.25, 0.3) is 21.9 Å². The number of hydrogen-bond donors (Lipinski definition) is 1. The number of phenols is 1. The van der Waals surface area contributed by atoms with E-state index in [0.717, 1.165) is 39.4 Å². The SMILES string of the molecule is O=C1CCc2cc(O)c(-c3ccc4ccccc4c3)cc21. The van der Waals surface area contributed by atoms with Crippen molar-refractivity contribution in [3.8, 4) is 16.9 Å². The molecule has 2 heteroatoms. The third kappa shape index (κ3) is 1.91. The molecule has 0 aliphatic heterocycles. The van der Waals surface area contributed by atoms with Gasteiger partial charge in [-0.2, -0.15) is 0 Å². The van der Waals surface area contributed by atoms with Gasteiger partial charge in [0.25, 0.3) is 0 Å². The van der Waals surface area contributed by atoms with Crippen LogP contribution in [0.4, 0.5) is 0 Å². The van der Waals surface area contributed by atoms with Gasteiger partial charge in [0.15, 0.2) is 5.78 Å². The Morgan fingerprint density at radius 1 is 0.810 bits per heavy atom. The Morgan fingerprint density at radius 2 is 1.62 bits per heavy atom. The van der Waals surface area contributed by atoms with E-state index in [1.807, 2.05) is 30.3 Å². The fourth-order valence-corrected chi connectivity index (χ4v) is 3.07. The van der Waals surface area contributed by atoms with Gasteiger partial charge in [-0.3, -0.25) is 4.79 Å². The molecule has 3 aromatic rings. The van der Waals surface area contributed by atoms with Gasteiger partial charge in [0.1, 0.15) is 5.75 Å². The van der Waals surface area contributed by atoms with Gasteiger partial charge in [-0.15, -0.1) is 0 Å². The lowest BCUT2D eigenvalue weighted by Gasteiger charge is -2.09. The van der Waals surface area contributed by atoms with Crippen molar-refractivity contribution >= 4 is 16.6 Å². The van der Waals surface area contributed by atoms with Crippen molar-refractivity contribution in [3.05, 3.63) is 65.7 Å². The molecule has 0 atom stereocenters. The summed E-state index contributed by atoms with van der Waals surface area (Å²) in [7, 11) is 0. The minimum absolute atomic E-state index is 0.173. The Bertz CT molecular complexity index is 878. The quantitative estimate of drug-likeness (QED) is 0.716. The first-order chi connectivity index (χ1) is 10.2. The van der Waals surface area contributed by atoms with Gasteiger partial charge >= 0.3 is 0 Å². The largest absolute Gasteiger partial charge is 0.507 e. The monoisotopic (exact) mass is 274 g/mol. The van der Waals surface area contributed by atoms with Crippen molar-refractivity contribution in [2.75, 3.05) is 0 Å². The zero-order valence-electron chi connectivity index (χ0n) is 11.5. The summed E-state index contributed by atoms with van der Waals surface area (Å²) < 4.78 is 0. The van der Waals surface area contributed by atoms with Gasteiger partial charge in [0, 0.05) is 17.5 Å². The van der Waals surface area contributed by atoms with E-state index >= 15 is 0 Å². The number of benzene rings is 3. The van der Waals surface area contributed by atoms with Crippen molar-refractivity contribution in [2.24, 2.45) is 0 Å². The molecule has 0 bridgehead atoms. The molecule has 1 aliphatic carbocycles. The molecule has 0 saturated heterocycles. The van der Waals surface area contributed by atoms with Gasteiger partial charge in [0.2, 0.25) is 0 Å². The highest BCUT2D eigenvalue weighted by Gasteiger charge is 2.22. The fourth-order valence-electron chi connectivity index (χ4n) is 3.07. The minimum Gasteiger partial charge on any atom is -0.507 e. The summed E-state index contributed by atoms with van der Waals surface area (Å²) in [4.78, 5) is 11.9. The zero-order chi connectivity index (χ0) is 14.4. The van der Waals surface area contributed by atoms with E-state index in [1.54, 1.807) is 6.07 Å². The fraction of sp³-hybridized carbons (Fsp3) is 0.105. The summed E-state index contributed by atoms with van der Waals surface area (Å²) in [6.07, 6.45) is 1.29. The van der Waals surface area contributed by atoms with Crippen LogP contribution in [0.1, 0.15) is 22.3 Å². The van der Waals surface area contributed by atoms with Crippen LogP contribution in [-0.4, -0.2) is 10.9 Å². The Morgan fingerprint density at radius 3 is 2.48 bits per heavy atom. The van der Waals surface area contributed by atoms with E-state index in [4.69, 9.17) is 0 Å². The molecule has 2 nitrogen and oxygen atoms in total. The maximum Gasteiger partial charge on any atom is 0.163 e. The second-order valence-corrected chi connectivity index (χ2v) is 5.51. The second-order valence-electron chi connectivity index (χ2n) is 5.51. The molecule has 0 heterocycles. The van der Waals surface area contributed by atoms with Crippen LogP contribution >= 0.6 is 0 Å². The first-order valence-corrected chi connectivity index (χ1v) is 7.10. The number of rotatable bonds is 1. The summed E-state index contributed by atoms with van der Waals surface area (Å²) in [6.45, 7) is 0. The molecule has 0 radical (unpaired) electrons. The van der Waals surface area contributed by atoms with Crippen LogP contribution < -0.4 is 0 Å². The molecule has 1 aliphatic rings. The molecule has 0 saturated carbocycles. The maximum atomic E-state index is 11.9. The second kappa shape index (κ2) is 4.45. The summed E-state index contributed by atoms with van der Waals surface area (Å²) in [5, 5.41) is 12.6. The van der Waals surface area contributed by atoms with Gasteiger partial charge in [0.05, 0.1) is 0 Å². The van der Waals surface area contributed by atoms with Gasteiger partial charge in [-0.25, -0.2) is 0 Å². The highest BCUT2D eigenvalue weighted by atomic mass is 16.3. The first kappa shape index (κ1) is 12.2. The lowest BCUT2D eigenvalue weighted by Crippen LogP contribution is -1.92. The summed E-state index contributed by atoms with van der Waals surface area (Å²) in [6, 6.07) is 17.8. The van der Waals surface area contributed by atoms with E-state index in [9.17, 15) is 9.90 Å². The van der Waals surface area contributed by atoms with Crippen molar-refractivity contribution in [3.63, 3.8) is 0 Å². The van der Waals surface area contributed by atoms with Crippen LogP contribution in [0.2, 0.25) is 0 Å². The number of Topliss-reactive ketones (excluding diaryl/α,β-unsaturated/α-hetero) is 1. The number of ketones is 1. The Kier molecular flexibility index (Phi) is 2.58. The molecule has 21 heavy (non-hydrogen) atoms. The predicted octanol–water partition coefficient (Wildman–Crippen LogP) is 4.34. The lowest BCUT2D eigenvalue weighted by atomic mass is 9.97. The summed E-state index contributed by atoms with van der Waals surface area (Å²) in [5.74, 6) is 0.422. The molecule has 0 amide bonds. The molecule has 3 aromatic carbocycles. The molecule has 0 spiro atoms. The zero-order valence-corrected chi connectivity index (χ0v) is 11.5. The van der Waals surface area contributed by atoms with Crippen LogP contribution in [-0.2, 0) is 6.42 Å². The third-order valence-electron chi connectivity index (χ3n) is 4.20. The van der Waals surface area contributed by atoms with Crippen LogP contribution in [0.15, 0.2) is 54.6 Å². The lowest BCUT2D eigenvalue weighted by molar-refractivity contribution is 0.0994. The first-order valence-electron chi connectivity index (χ1n) is 7.10. The van der Waals surface area contributed by atoms with E-state index in [1.165, 1.54) is 0 Å². The normalized spacial score (nSPS) is 13.6. The predicted molar refractivity (Wildman–Crippen MR) is 83.7 cm³/mol. The third-order valence-corrected chi connectivity index (χ3v) is 4.20. The Labute approximate surface area is 122 Å². The van der Waals surface area contributed by atoms with Crippen LogP contribution in [0, 0.1) is 0 Å². The van der Waals surface area contributed by atoms with Crippen LogP contribution in [0.5, 0.6) is 5.75 Å². The van der Waals surface area contributed by atoms with Crippen molar-refractivity contribution in [1.29, 1.82) is 0 Å². The standard InChI is InChI=1S/C19H14O2/c20-18-8-7-15-10-19(21)17(11-16(15)18)14-6-5-12-3-1-2-4-13(12)9-14/h1-6,9-11,21H,7-8H2. The highest BCUT2D eigenvalue weighted by Crippen LogP contribution is 2.36. The topological polar surface area (TPSA) is 37.3 Å². The highest BCUT2D eigenvalue weighted by molar-refractivity contribution is 6.02. The number of aromatic hydroxyl groups is 1. The number of phenolic OH excluding ortho intramolecular Hbond substituents is 1. The van der Waals surface area contributed by atoms with Gasteiger partial charge < -0.3 is 5.11 Å². The van der Waals surface area contributed by atoms with Gasteiger partial charge in [-0.05, 0) is 46.5 Å². The number of fused-ring (bicyclic) bond motifs is 2. The van der Waals surface area contributed by atoms with E-state index in [0.29, 0.717) is 6.42 Å². The Hall–Kier alpha value is -2.61. The smallest absolute Gasteiger partial charge is 0.163 e. The molecule has 0 fully saturated rings. The molecular formula is C19H14O2. The number of carbonyl (C=O) groups is 1. The van der Waals surface area contributed by atoms with Gasteiger partial charge in [-0.1, -0.05) is 36.4 Å². The van der Waals surface area contributed by atoms with Crippen LogP contribution in [0.3, 0.4) is 0 Å². The van der Waals surface area contributed by atoms with Crippen molar-refractivity contribution in [1.82, 2.24) is 0 Å². The van der Waals surface area contributed by atoms with E-state index in [2.05, 4.69) is 18.2 Å². The Balaban J connectivity index is 1.92. The van der Waals surface area contributed by atoms with E-state index in [-0.39, 0.29) is 11.5 Å². The molecule has 0 aromatic heterocycles. The number of hydrogen-bond acceptors (Lipinski definition) is 2. The average Bonchev–Trinajstić information content (AvgIpc) is 2.86. The van der Waals surface area contributed by atoms with Crippen molar-refractivity contribution in [2.45, 2.75) is 12.8 Å². The molecule has 0 unspecified atom stereocenters. The maximum absolute atomic E-state index is 11.9. The number of carbonyl (C=O) groups excluding carboxylic acids is 1. The molecule has 102 valence electrons. The summed E-state index contributed by atoms with van der Waals surface area (Å²) >= 11 is 0. The minimum atomic E-state index is 0.173. The number of aryl methyl sites for hydroxylation is 1. The molecule has 4 rings (SSSR count).